The number of urea groups is 1. The van der Waals surface area contributed by atoms with E-state index in [1.54, 1.807) is 17.0 Å². The molecule has 0 aliphatic carbocycles. The predicted molar refractivity (Wildman–Crippen MR) is 92.6 cm³/mol. The largest absolute Gasteiger partial charge is 0.497 e. The smallest absolute Gasteiger partial charge is 0.339 e. The lowest BCUT2D eigenvalue weighted by Gasteiger charge is -2.31. The van der Waals surface area contributed by atoms with E-state index in [-0.39, 0.29) is 11.6 Å². The number of rotatable bonds is 4. The first-order valence-corrected chi connectivity index (χ1v) is 8.54. The number of hydrogen-bond donors (Lipinski definition) is 0. The zero-order valence-corrected chi connectivity index (χ0v) is 14.8. The minimum atomic E-state index is -0.982. The molecule has 0 N–H and O–H groups in total. The molecule has 8 nitrogen and oxygen atoms in total. The molecule has 0 aromatic heterocycles. The van der Waals surface area contributed by atoms with Crippen molar-refractivity contribution in [3.05, 3.63) is 24.3 Å². The second-order valence-electron chi connectivity index (χ2n) is 6.60. The number of anilines is 1. The molecule has 2 aliphatic rings. The van der Waals surface area contributed by atoms with Crippen LogP contribution >= 0.6 is 0 Å². The maximum atomic E-state index is 12.6. The summed E-state index contributed by atoms with van der Waals surface area (Å²) in [5.74, 6) is -1.31. The van der Waals surface area contributed by atoms with E-state index in [9.17, 15) is 19.2 Å². The van der Waals surface area contributed by atoms with Crippen LogP contribution in [0.5, 0.6) is 5.75 Å². The molecule has 0 unspecified atom stereocenters. The maximum absolute atomic E-state index is 12.6. The van der Waals surface area contributed by atoms with E-state index in [2.05, 4.69) is 6.92 Å². The molecule has 0 radical (unpaired) electrons. The zero-order valence-electron chi connectivity index (χ0n) is 14.8. The van der Waals surface area contributed by atoms with Crippen molar-refractivity contribution in [3.8, 4) is 5.75 Å². The number of methoxy groups -OCH3 is 1. The zero-order chi connectivity index (χ0) is 18.8. The van der Waals surface area contributed by atoms with Crippen LogP contribution in [0.15, 0.2) is 24.3 Å². The summed E-state index contributed by atoms with van der Waals surface area (Å²) in [5, 5.41) is 0. The lowest BCUT2D eigenvalue weighted by Crippen LogP contribution is -2.46. The van der Waals surface area contributed by atoms with E-state index in [4.69, 9.17) is 4.74 Å². The Labute approximate surface area is 151 Å². The Morgan fingerprint density at radius 3 is 2.46 bits per heavy atom. The molecule has 2 aliphatic heterocycles. The van der Waals surface area contributed by atoms with E-state index >= 15 is 0 Å². The number of ether oxygens (including phenoxy) is 1. The first-order valence-electron chi connectivity index (χ1n) is 8.54. The number of imide groups is 2. The van der Waals surface area contributed by atoms with Crippen molar-refractivity contribution in [2.75, 3.05) is 31.6 Å². The van der Waals surface area contributed by atoms with Crippen molar-refractivity contribution < 1.29 is 23.9 Å². The predicted octanol–water partition coefficient (Wildman–Crippen LogP) is 1.25. The van der Waals surface area contributed by atoms with Crippen LogP contribution in [-0.4, -0.2) is 60.3 Å². The third-order valence-electron chi connectivity index (χ3n) is 4.69. The van der Waals surface area contributed by atoms with E-state index in [1.807, 2.05) is 0 Å². The van der Waals surface area contributed by atoms with Crippen molar-refractivity contribution in [2.45, 2.75) is 19.8 Å². The van der Waals surface area contributed by atoms with E-state index in [0.717, 1.165) is 17.7 Å². The Kier molecular flexibility index (Phi) is 4.92. The SMILES string of the molecule is COc1ccc(N2C(=O)C(=O)N(CC(=O)N3CCC[C@@H](C)C3)C2=O)cc1. The summed E-state index contributed by atoms with van der Waals surface area (Å²) in [5.41, 5.74) is 0.260. The average molecular weight is 359 g/mol. The lowest BCUT2D eigenvalue weighted by atomic mass is 10.0. The lowest BCUT2D eigenvalue weighted by molar-refractivity contribution is -0.142. The number of carbonyl (C=O) groups is 4. The summed E-state index contributed by atoms with van der Waals surface area (Å²) >= 11 is 0. The van der Waals surface area contributed by atoms with Crippen LogP contribution in [0.1, 0.15) is 19.8 Å². The van der Waals surface area contributed by atoms with Crippen molar-refractivity contribution in [2.24, 2.45) is 5.92 Å². The molecule has 26 heavy (non-hydrogen) atoms. The first kappa shape index (κ1) is 17.9. The second kappa shape index (κ2) is 7.15. The highest BCUT2D eigenvalue weighted by molar-refractivity contribution is 6.53. The Morgan fingerprint density at radius 2 is 1.85 bits per heavy atom. The van der Waals surface area contributed by atoms with Crippen molar-refractivity contribution >= 4 is 29.4 Å². The fourth-order valence-electron chi connectivity index (χ4n) is 3.26. The van der Waals surface area contributed by atoms with Gasteiger partial charge in [0.2, 0.25) is 5.91 Å². The molecule has 8 heteroatoms. The molecule has 5 amide bonds. The number of nitrogens with zero attached hydrogens (tertiary/aromatic N) is 3. The fourth-order valence-corrected chi connectivity index (χ4v) is 3.26. The minimum Gasteiger partial charge on any atom is -0.497 e. The van der Waals surface area contributed by atoms with Gasteiger partial charge in [-0.25, -0.2) is 14.6 Å². The van der Waals surface area contributed by atoms with Crippen LogP contribution in [0.25, 0.3) is 0 Å². The highest BCUT2D eigenvalue weighted by Crippen LogP contribution is 2.25. The summed E-state index contributed by atoms with van der Waals surface area (Å²) in [6.07, 6.45) is 1.95. The standard InChI is InChI=1S/C18H21N3O5/c1-12-4-3-9-19(10-12)15(22)11-20-16(23)17(24)21(18(20)25)13-5-7-14(26-2)8-6-13/h5-8,12H,3-4,9-11H2,1-2H3/t12-/m1/s1. The van der Waals surface area contributed by atoms with Gasteiger partial charge < -0.3 is 9.64 Å². The van der Waals surface area contributed by atoms with E-state index in [0.29, 0.717) is 29.7 Å². The van der Waals surface area contributed by atoms with Crippen molar-refractivity contribution in [1.82, 2.24) is 9.80 Å². The molecular weight excluding hydrogens is 338 g/mol. The molecule has 0 saturated carbocycles. The Balaban J connectivity index is 1.74. The third kappa shape index (κ3) is 3.26. The Hall–Kier alpha value is -2.90. The molecule has 2 heterocycles. The Bertz CT molecular complexity index is 746. The van der Waals surface area contributed by atoms with Crippen molar-refractivity contribution in [1.29, 1.82) is 0 Å². The molecule has 2 saturated heterocycles. The quantitative estimate of drug-likeness (QED) is 0.596. The number of amides is 5. The van der Waals surface area contributed by atoms with Gasteiger partial charge in [-0.2, -0.15) is 0 Å². The minimum absolute atomic E-state index is 0.260. The molecule has 1 aromatic rings. The van der Waals surface area contributed by atoms with Gasteiger partial charge >= 0.3 is 17.8 Å². The second-order valence-corrected chi connectivity index (χ2v) is 6.60. The van der Waals surface area contributed by atoms with Gasteiger partial charge in [0.05, 0.1) is 12.8 Å². The van der Waals surface area contributed by atoms with Gasteiger partial charge in [0.25, 0.3) is 0 Å². The number of likely N-dealkylation sites (tertiary alicyclic amines) is 1. The van der Waals surface area contributed by atoms with Gasteiger partial charge in [0.15, 0.2) is 0 Å². The number of piperidine rings is 1. The summed E-state index contributed by atoms with van der Waals surface area (Å²) in [6.45, 7) is 2.85. The maximum Gasteiger partial charge on any atom is 0.339 e. The molecule has 1 atom stereocenters. The number of hydrogen-bond acceptors (Lipinski definition) is 5. The molecule has 1 aromatic carbocycles. The van der Waals surface area contributed by atoms with E-state index < -0.39 is 24.4 Å². The van der Waals surface area contributed by atoms with Crippen LogP contribution in [0.4, 0.5) is 10.5 Å². The monoisotopic (exact) mass is 359 g/mol. The van der Waals surface area contributed by atoms with Gasteiger partial charge in [-0.15, -0.1) is 0 Å². The van der Waals surface area contributed by atoms with Gasteiger partial charge in [-0.1, -0.05) is 6.92 Å². The summed E-state index contributed by atoms with van der Waals surface area (Å²) in [4.78, 5) is 52.7. The number of carbonyl (C=O) groups excluding carboxylic acids is 4. The third-order valence-corrected chi connectivity index (χ3v) is 4.69. The van der Waals surface area contributed by atoms with Gasteiger partial charge in [-0.05, 0) is 43.0 Å². The normalized spacial score (nSPS) is 20.8. The van der Waals surface area contributed by atoms with Crippen LogP contribution in [0.3, 0.4) is 0 Å². The van der Waals surface area contributed by atoms with Crippen LogP contribution in [-0.2, 0) is 14.4 Å². The average Bonchev–Trinajstić information content (AvgIpc) is 2.85. The van der Waals surface area contributed by atoms with Crippen LogP contribution in [0, 0.1) is 5.92 Å². The molecule has 2 fully saturated rings. The summed E-state index contributed by atoms with van der Waals surface area (Å²) in [7, 11) is 1.50. The topological polar surface area (TPSA) is 87.2 Å². The summed E-state index contributed by atoms with van der Waals surface area (Å²) in [6, 6.07) is 5.40. The van der Waals surface area contributed by atoms with E-state index in [1.165, 1.54) is 19.2 Å². The molecular formula is C18H21N3O5. The first-order chi connectivity index (χ1) is 12.4. The molecule has 3 rings (SSSR count). The highest BCUT2D eigenvalue weighted by atomic mass is 16.5. The van der Waals surface area contributed by atoms with Crippen LogP contribution in [0.2, 0.25) is 0 Å². The number of benzene rings is 1. The van der Waals surface area contributed by atoms with Gasteiger partial charge in [0.1, 0.15) is 12.3 Å². The highest BCUT2D eigenvalue weighted by Gasteiger charge is 2.46. The summed E-state index contributed by atoms with van der Waals surface area (Å²) < 4.78 is 5.04. The van der Waals surface area contributed by atoms with Gasteiger partial charge in [-0.3, -0.25) is 14.4 Å². The van der Waals surface area contributed by atoms with Crippen molar-refractivity contribution in [3.63, 3.8) is 0 Å². The molecule has 0 spiro atoms. The fraction of sp³-hybridized carbons (Fsp3) is 0.444. The van der Waals surface area contributed by atoms with Gasteiger partial charge in [0, 0.05) is 13.1 Å². The molecule has 0 bridgehead atoms. The molecule has 138 valence electrons. The Morgan fingerprint density at radius 1 is 1.15 bits per heavy atom. The van der Waals surface area contributed by atoms with Crippen LogP contribution < -0.4 is 9.64 Å².